The number of para-hydroxylation sites is 1. The minimum absolute atomic E-state index is 0.0560. The molecule has 4 nitrogen and oxygen atoms in total. The van der Waals surface area contributed by atoms with Crippen molar-refractivity contribution in [1.82, 2.24) is 10.3 Å². The molecule has 1 aliphatic carbocycles. The number of hydrogen-bond donors (Lipinski definition) is 2. The lowest BCUT2D eigenvalue weighted by atomic mass is 10.0. The maximum atomic E-state index is 12.7. The van der Waals surface area contributed by atoms with Gasteiger partial charge < -0.3 is 10.3 Å². The molecule has 120 valence electrons. The summed E-state index contributed by atoms with van der Waals surface area (Å²) in [5.41, 5.74) is 3.07. The van der Waals surface area contributed by atoms with E-state index in [1.807, 2.05) is 24.3 Å². The van der Waals surface area contributed by atoms with Crippen molar-refractivity contribution < 1.29 is 4.79 Å². The van der Waals surface area contributed by atoms with Crippen LogP contribution in [0.5, 0.6) is 0 Å². The van der Waals surface area contributed by atoms with E-state index in [-0.39, 0.29) is 22.9 Å². The third kappa shape index (κ3) is 2.31. The Morgan fingerprint density at radius 3 is 2.75 bits per heavy atom. The van der Waals surface area contributed by atoms with Crippen LogP contribution in [0.4, 0.5) is 0 Å². The topological polar surface area (TPSA) is 62.0 Å². The number of H-pyrrole nitrogens is 1. The molecule has 2 aromatic carbocycles. The molecular formula is C20H18N2O2. The number of carbonyl (C=O) groups is 1. The average molecular weight is 318 g/mol. The second kappa shape index (κ2) is 5.64. The molecule has 0 aliphatic heterocycles. The summed E-state index contributed by atoms with van der Waals surface area (Å²) in [4.78, 5) is 28.3. The SMILES string of the molecule is C[C@H]1Cc2ccccc2[C@@H]1NC(=O)c1c[nH]c2ccccc2c1=O. The van der Waals surface area contributed by atoms with Gasteiger partial charge in [-0.2, -0.15) is 0 Å². The van der Waals surface area contributed by atoms with Gasteiger partial charge in [0.2, 0.25) is 5.43 Å². The van der Waals surface area contributed by atoms with Crippen LogP contribution in [0.3, 0.4) is 0 Å². The standard InChI is InChI=1S/C20H18N2O2/c1-12-10-13-6-2-3-7-14(13)18(12)22-20(24)16-11-21-17-9-5-4-8-15(17)19(16)23/h2-9,11-12,18H,10H2,1H3,(H,21,23)(H,22,24)/t12-,18+/m0/s1. The molecule has 1 aliphatic rings. The number of pyridine rings is 1. The van der Waals surface area contributed by atoms with Gasteiger partial charge in [0.05, 0.1) is 6.04 Å². The molecular weight excluding hydrogens is 300 g/mol. The minimum atomic E-state index is -0.324. The molecule has 0 unspecified atom stereocenters. The van der Waals surface area contributed by atoms with E-state index in [4.69, 9.17) is 0 Å². The van der Waals surface area contributed by atoms with Gasteiger partial charge in [0.25, 0.3) is 5.91 Å². The summed E-state index contributed by atoms with van der Waals surface area (Å²) in [5, 5.41) is 3.58. The maximum Gasteiger partial charge on any atom is 0.257 e. The highest BCUT2D eigenvalue weighted by atomic mass is 16.2. The summed E-state index contributed by atoms with van der Waals surface area (Å²) in [7, 11) is 0. The van der Waals surface area contributed by atoms with Crippen molar-refractivity contribution in [3.05, 3.63) is 81.6 Å². The Hall–Kier alpha value is -2.88. The van der Waals surface area contributed by atoms with Crippen LogP contribution in [0.25, 0.3) is 10.9 Å². The highest BCUT2D eigenvalue weighted by Crippen LogP contribution is 2.35. The molecule has 1 heterocycles. The summed E-state index contributed by atoms with van der Waals surface area (Å²) >= 11 is 0. The molecule has 4 rings (SSSR count). The molecule has 0 fully saturated rings. The van der Waals surface area contributed by atoms with E-state index in [0.29, 0.717) is 11.3 Å². The molecule has 24 heavy (non-hydrogen) atoms. The second-order valence-corrected chi connectivity index (χ2v) is 6.41. The summed E-state index contributed by atoms with van der Waals surface area (Å²) in [6, 6.07) is 15.3. The number of nitrogens with one attached hydrogen (secondary N) is 2. The molecule has 0 bridgehead atoms. The summed E-state index contributed by atoms with van der Waals surface area (Å²) in [5.74, 6) is -0.0126. The summed E-state index contributed by atoms with van der Waals surface area (Å²) in [6.07, 6.45) is 2.45. The summed E-state index contributed by atoms with van der Waals surface area (Å²) in [6.45, 7) is 2.12. The molecule has 2 N–H and O–H groups in total. The van der Waals surface area contributed by atoms with E-state index < -0.39 is 0 Å². The number of carbonyl (C=O) groups excluding carboxylic acids is 1. The number of benzene rings is 2. The van der Waals surface area contributed by atoms with Crippen LogP contribution in [0.2, 0.25) is 0 Å². The predicted molar refractivity (Wildman–Crippen MR) is 94.1 cm³/mol. The van der Waals surface area contributed by atoms with E-state index in [1.165, 1.54) is 11.8 Å². The number of amides is 1. The number of rotatable bonds is 2. The zero-order valence-electron chi connectivity index (χ0n) is 13.4. The highest BCUT2D eigenvalue weighted by molar-refractivity contribution is 5.97. The third-order valence-electron chi connectivity index (χ3n) is 4.82. The van der Waals surface area contributed by atoms with E-state index in [2.05, 4.69) is 29.4 Å². The number of aromatic amines is 1. The number of aromatic nitrogens is 1. The van der Waals surface area contributed by atoms with Crippen LogP contribution >= 0.6 is 0 Å². The van der Waals surface area contributed by atoms with E-state index in [1.54, 1.807) is 12.1 Å². The monoisotopic (exact) mass is 318 g/mol. The van der Waals surface area contributed by atoms with Gasteiger partial charge in [0.1, 0.15) is 5.56 Å². The lowest BCUT2D eigenvalue weighted by molar-refractivity contribution is 0.0926. The first-order valence-electron chi connectivity index (χ1n) is 8.14. The van der Waals surface area contributed by atoms with E-state index in [9.17, 15) is 9.59 Å². The summed E-state index contributed by atoms with van der Waals surface area (Å²) < 4.78 is 0. The fourth-order valence-electron chi connectivity index (χ4n) is 3.57. The first kappa shape index (κ1) is 14.7. The normalized spacial score (nSPS) is 19.2. The Kier molecular flexibility index (Phi) is 3.45. The molecule has 0 radical (unpaired) electrons. The molecule has 0 spiro atoms. The Morgan fingerprint density at radius 1 is 1.12 bits per heavy atom. The van der Waals surface area contributed by atoms with E-state index >= 15 is 0 Å². The van der Waals surface area contributed by atoms with Gasteiger partial charge in [-0.25, -0.2) is 0 Å². The molecule has 2 atom stereocenters. The van der Waals surface area contributed by atoms with Gasteiger partial charge in [-0.05, 0) is 35.6 Å². The van der Waals surface area contributed by atoms with Crippen LogP contribution in [-0.4, -0.2) is 10.9 Å². The quantitative estimate of drug-likeness (QED) is 0.762. The van der Waals surface area contributed by atoms with Crippen LogP contribution in [0, 0.1) is 5.92 Å². The second-order valence-electron chi connectivity index (χ2n) is 6.41. The first-order valence-corrected chi connectivity index (χ1v) is 8.14. The van der Waals surface area contributed by atoms with Crippen LogP contribution in [-0.2, 0) is 6.42 Å². The van der Waals surface area contributed by atoms with Gasteiger partial charge in [0, 0.05) is 17.1 Å². The molecule has 4 heteroatoms. The number of hydrogen-bond acceptors (Lipinski definition) is 2. The van der Waals surface area contributed by atoms with Gasteiger partial charge in [-0.1, -0.05) is 43.3 Å². The van der Waals surface area contributed by atoms with Gasteiger partial charge in [-0.15, -0.1) is 0 Å². The zero-order chi connectivity index (χ0) is 16.7. The lowest BCUT2D eigenvalue weighted by Crippen LogP contribution is -2.33. The third-order valence-corrected chi connectivity index (χ3v) is 4.82. The molecule has 1 amide bonds. The number of fused-ring (bicyclic) bond motifs is 2. The maximum absolute atomic E-state index is 12.7. The van der Waals surface area contributed by atoms with Crippen molar-refractivity contribution in [3.63, 3.8) is 0 Å². The Balaban J connectivity index is 1.68. The first-order chi connectivity index (χ1) is 11.6. The zero-order valence-corrected chi connectivity index (χ0v) is 13.4. The predicted octanol–water partition coefficient (Wildman–Crippen LogP) is 3.19. The highest BCUT2D eigenvalue weighted by Gasteiger charge is 2.30. The molecule has 1 aromatic heterocycles. The smallest absolute Gasteiger partial charge is 0.257 e. The molecule has 0 saturated carbocycles. The van der Waals surface area contributed by atoms with Gasteiger partial charge >= 0.3 is 0 Å². The van der Waals surface area contributed by atoms with Crippen molar-refractivity contribution in [2.45, 2.75) is 19.4 Å². The largest absolute Gasteiger partial charge is 0.360 e. The fourth-order valence-corrected chi connectivity index (χ4v) is 3.57. The Morgan fingerprint density at radius 2 is 1.88 bits per heavy atom. The Bertz CT molecular complexity index is 990. The fraction of sp³-hybridized carbons (Fsp3) is 0.200. The van der Waals surface area contributed by atoms with Gasteiger partial charge in [-0.3, -0.25) is 9.59 Å². The molecule has 3 aromatic rings. The van der Waals surface area contributed by atoms with Crippen molar-refractivity contribution in [1.29, 1.82) is 0 Å². The van der Waals surface area contributed by atoms with E-state index in [0.717, 1.165) is 17.5 Å². The van der Waals surface area contributed by atoms with Crippen molar-refractivity contribution in [2.24, 2.45) is 5.92 Å². The van der Waals surface area contributed by atoms with Crippen LogP contribution in [0.1, 0.15) is 34.5 Å². The van der Waals surface area contributed by atoms with Crippen LogP contribution in [0.15, 0.2) is 59.5 Å². The van der Waals surface area contributed by atoms with Crippen LogP contribution < -0.4 is 10.7 Å². The van der Waals surface area contributed by atoms with Crippen molar-refractivity contribution >= 4 is 16.8 Å². The minimum Gasteiger partial charge on any atom is -0.360 e. The van der Waals surface area contributed by atoms with Gasteiger partial charge in [0.15, 0.2) is 0 Å². The van der Waals surface area contributed by atoms with Crippen molar-refractivity contribution in [3.8, 4) is 0 Å². The molecule has 0 saturated heterocycles. The Labute approximate surface area is 139 Å². The average Bonchev–Trinajstić information content (AvgIpc) is 2.91. The van der Waals surface area contributed by atoms with Crippen molar-refractivity contribution in [2.75, 3.05) is 0 Å². The lowest BCUT2D eigenvalue weighted by Gasteiger charge is -2.18.